The number of anilines is 1. The van der Waals surface area contributed by atoms with Crippen molar-refractivity contribution < 1.29 is 4.79 Å². The standard InChI is InChI=1S/C24H31N3OS2.ClH/c1-17-8-12-20(13-9-17)29-16-6-7-21(28)27(15-14-26(4)5)24-25-22-18(2)10-11-19(3)23(22)30-24;/h8-13H,6-7,14-16H2,1-5H3;1H. The highest BCUT2D eigenvalue weighted by Gasteiger charge is 2.20. The van der Waals surface area contributed by atoms with E-state index in [-0.39, 0.29) is 18.3 Å². The van der Waals surface area contributed by atoms with Crippen LogP contribution in [-0.4, -0.2) is 48.7 Å². The number of fused-ring (bicyclic) bond motifs is 1. The second-order valence-corrected chi connectivity index (χ2v) is 10.1. The van der Waals surface area contributed by atoms with E-state index in [4.69, 9.17) is 4.98 Å². The second kappa shape index (κ2) is 11.9. The summed E-state index contributed by atoms with van der Waals surface area (Å²) in [5, 5.41) is 0.820. The fraction of sp³-hybridized carbons (Fsp3) is 0.417. The molecule has 0 bridgehead atoms. The molecule has 3 rings (SSSR count). The third-order valence-corrected chi connectivity index (χ3v) is 7.37. The van der Waals surface area contributed by atoms with Gasteiger partial charge in [0.1, 0.15) is 0 Å². The highest BCUT2D eigenvalue weighted by Crippen LogP contribution is 2.33. The van der Waals surface area contributed by atoms with E-state index in [0.717, 1.165) is 34.9 Å². The van der Waals surface area contributed by atoms with Crippen LogP contribution >= 0.6 is 35.5 Å². The number of amides is 1. The van der Waals surface area contributed by atoms with Gasteiger partial charge in [-0.1, -0.05) is 41.2 Å². The fourth-order valence-corrected chi connectivity index (χ4v) is 5.18. The fourth-order valence-electron chi connectivity index (χ4n) is 3.17. The molecule has 4 nitrogen and oxygen atoms in total. The van der Waals surface area contributed by atoms with E-state index in [1.807, 2.05) is 30.8 Å². The molecule has 7 heteroatoms. The molecule has 0 spiro atoms. The number of benzene rings is 2. The lowest BCUT2D eigenvalue weighted by Crippen LogP contribution is -2.36. The number of hydrogen-bond acceptors (Lipinski definition) is 5. The van der Waals surface area contributed by atoms with Gasteiger partial charge in [0.25, 0.3) is 0 Å². The van der Waals surface area contributed by atoms with Crippen LogP contribution in [0.2, 0.25) is 0 Å². The third-order valence-electron chi connectivity index (χ3n) is 5.06. The van der Waals surface area contributed by atoms with Crippen molar-refractivity contribution in [2.75, 3.05) is 37.8 Å². The van der Waals surface area contributed by atoms with Crippen LogP contribution in [0.25, 0.3) is 10.2 Å². The highest BCUT2D eigenvalue weighted by atomic mass is 35.5. The van der Waals surface area contributed by atoms with Gasteiger partial charge in [0, 0.05) is 24.4 Å². The Morgan fingerprint density at radius 2 is 1.68 bits per heavy atom. The van der Waals surface area contributed by atoms with Crippen LogP contribution in [0.3, 0.4) is 0 Å². The molecule has 0 radical (unpaired) electrons. The van der Waals surface area contributed by atoms with Gasteiger partial charge in [0.2, 0.25) is 5.91 Å². The van der Waals surface area contributed by atoms with Gasteiger partial charge >= 0.3 is 0 Å². The molecule has 1 heterocycles. The van der Waals surface area contributed by atoms with E-state index in [9.17, 15) is 4.79 Å². The van der Waals surface area contributed by atoms with Crippen LogP contribution in [0.1, 0.15) is 29.5 Å². The first-order chi connectivity index (χ1) is 14.3. The number of hydrogen-bond donors (Lipinski definition) is 0. The third kappa shape index (κ3) is 6.94. The summed E-state index contributed by atoms with van der Waals surface area (Å²) in [6.07, 6.45) is 1.40. The van der Waals surface area contributed by atoms with E-state index in [1.165, 1.54) is 20.7 Å². The molecule has 0 saturated heterocycles. The molecule has 0 N–H and O–H groups in total. The number of rotatable bonds is 9. The first-order valence-electron chi connectivity index (χ1n) is 10.4. The van der Waals surface area contributed by atoms with Gasteiger partial charge < -0.3 is 4.90 Å². The molecule has 2 aromatic carbocycles. The van der Waals surface area contributed by atoms with Crippen LogP contribution in [0.5, 0.6) is 0 Å². The number of carbonyl (C=O) groups excluding carboxylic acids is 1. The maximum Gasteiger partial charge on any atom is 0.228 e. The second-order valence-electron chi connectivity index (χ2n) is 7.99. The molecule has 168 valence electrons. The van der Waals surface area contributed by atoms with Crippen LogP contribution in [0.4, 0.5) is 5.13 Å². The molecule has 0 atom stereocenters. The Hall–Kier alpha value is -1.60. The van der Waals surface area contributed by atoms with Crippen molar-refractivity contribution in [1.29, 1.82) is 0 Å². The average Bonchev–Trinajstić information content (AvgIpc) is 3.16. The van der Waals surface area contributed by atoms with Gasteiger partial charge in [-0.25, -0.2) is 4.98 Å². The van der Waals surface area contributed by atoms with E-state index in [2.05, 4.69) is 62.1 Å². The van der Waals surface area contributed by atoms with Crippen molar-refractivity contribution in [1.82, 2.24) is 9.88 Å². The SMILES string of the molecule is Cc1ccc(SCCCC(=O)N(CCN(C)C)c2nc3c(C)ccc(C)c3s2)cc1.Cl. The Morgan fingerprint density at radius 1 is 1.00 bits per heavy atom. The predicted octanol–water partition coefficient (Wildman–Crippen LogP) is 6.11. The van der Waals surface area contributed by atoms with Gasteiger partial charge in [-0.2, -0.15) is 0 Å². The smallest absolute Gasteiger partial charge is 0.228 e. The summed E-state index contributed by atoms with van der Waals surface area (Å²) in [5.41, 5.74) is 4.67. The normalized spacial score (nSPS) is 11.0. The van der Waals surface area contributed by atoms with Crippen LogP contribution < -0.4 is 4.90 Å². The molecule has 0 aliphatic heterocycles. The van der Waals surface area contributed by atoms with Crippen molar-refractivity contribution in [2.45, 2.75) is 38.5 Å². The van der Waals surface area contributed by atoms with Crippen LogP contribution in [-0.2, 0) is 4.79 Å². The lowest BCUT2D eigenvalue weighted by Gasteiger charge is -2.22. The summed E-state index contributed by atoms with van der Waals surface area (Å²) in [5.74, 6) is 1.10. The molecular weight excluding hydrogens is 446 g/mol. The number of likely N-dealkylation sites (N-methyl/N-ethyl adjacent to an activating group) is 1. The molecule has 0 aliphatic carbocycles. The Labute approximate surface area is 200 Å². The number of thioether (sulfide) groups is 1. The van der Waals surface area contributed by atoms with Gasteiger partial charge in [-0.15, -0.1) is 24.2 Å². The molecule has 1 aromatic heterocycles. The molecule has 0 fully saturated rings. The van der Waals surface area contributed by atoms with E-state index < -0.39 is 0 Å². The van der Waals surface area contributed by atoms with E-state index in [0.29, 0.717) is 13.0 Å². The van der Waals surface area contributed by atoms with Gasteiger partial charge in [-0.3, -0.25) is 9.69 Å². The molecule has 0 saturated carbocycles. The largest absolute Gasteiger partial charge is 0.308 e. The number of halogens is 1. The predicted molar refractivity (Wildman–Crippen MR) is 138 cm³/mol. The van der Waals surface area contributed by atoms with E-state index in [1.54, 1.807) is 11.3 Å². The van der Waals surface area contributed by atoms with Crippen molar-refractivity contribution in [3.8, 4) is 0 Å². The molecule has 0 aliphatic rings. The summed E-state index contributed by atoms with van der Waals surface area (Å²) in [7, 11) is 4.07. The quantitative estimate of drug-likeness (QED) is 0.275. The number of carbonyl (C=O) groups is 1. The number of aryl methyl sites for hydroxylation is 3. The Bertz CT molecular complexity index is 963. The minimum Gasteiger partial charge on any atom is -0.308 e. The zero-order chi connectivity index (χ0) is 21.7. The van der Waals surface area contributed by atoms with Crippen LogP contribution in [0, 0.1) is 20.8 Å². The zero-order valence-corrected chi connectivity index (χ0v) is 21.4. The first-order valence-corrected chi connectivity index (χ1v) is 12.2. The molecule has 31 heavy (non-hydrogen) atoms. The Morgan fingerprint density at radius 3 is 2.32 bits per heavy atom. The zero-order valence-electron chi connectivity index (χ0n) is 19.0. The van der Waals surface area contributed by atoms with E-state index >= 15 is 0 Å². The van der Waals surface area contributed by atoms with Gasteiger partial charge in [0.15, 0.2) is 5.13 Å². The summed E-state index contributed by atoms with van der Waals surface area (Å²) in [4.78, 5) is 23.2. The van der Waals surface area contributed by atoms with Crippen molar-refractivity contribution in [3.63, 3.8) is 0 Å². The number of thiazole rings is 1. The van der Waals surface area contributed by atoms with Crippen molar-refractivity contribution in [2.24, 2.45) is 0 Å². The van der Waals surface area contributed by atoms with Crippen molar-refractivity contribution >= 4 is 56.8 Å². The monoisotopic (exact) mass is 477 g/mol. The topological polar surface area (TPSA) is 36.4 Å². The summed E-state index contributed by atoms with van der Waals surface area (Å²) < 4.78 is 1.18. The maximum atomic E-state index is 13.1. The summed E-state index contributed by atoms with van der Waals surface area (Å²) in [6, 6.07) is 12.8. The maximum absolute atomic E-state index is 13.1. The molecular formula is C24H32ClN3OS2. The lowest BCUT2D eigenvalue weighted by molar-refractivity contribution is -0.118. The minimum atomic E-state index is 0. The summed E-state index contributed by atoms with van der Waals surface area (Å²) >= 11 is 3.45. The first kappa shape index (κ1) is 25.7. The van der Waals surface area contributed by atoms with Crippen LogP contribution in [0.15, 0.2) is 41.3 Å². The summed E-state index contributed by atoms with van der Waals surface area (Å²) in [6.45, 7) is 7.77. The van der Waals surface area contributed by atoms with Gasteiger partial charge in [0.05, 0.1) is 10.2 Å². The average molecular weight is 478 g/mol. The van der Waals surface area contributed by atoms with Gasteiger partial charge in [-0.05, 0) is 70.3 Å². The highest BCUT2D eigenvalue weighted by molar-refractivity contribution is 7.99. The molecule has 1 amide bonds. The Balaban J connectivity index is 0.00000341. The lowest BCUT2D eigenvalue weighted by atomic mass is 10.1. The minimum absolute atomic E-state index is 0. The Kier molecular flexibility index (Phi) is 9.82. The van der Waals surface area contributed by atoms with Crippen molar-refractivity contribution in [3.05, 3.63) is 53.1 Å². The molecule has 0 unspecified atom stereocenters. The molecule has 3 aromatic rings. The number of nitrogens with zero attached hydrogens (tertiary/aromatic N) is 3. The number of aromatic nitrogens is 1.